The van der Waals surface area contributed by atoms with Crippen molar-refractivity contribution in [2.24, 2.45) is 5.92 Å². The summed E-state index contributed by atoms with van der Waals surface area (Å²) in [6.07, 6.45) is 5.65. The number of nitrogen functional groups attached to an aromatic ring is 1. The molecule has 0 bridgehead atoms. The third-order valence-corrected chi connectivity index (χ3v) is 3.14. The monoisotopic (exact) mass is 205 g/mol. The van der Waals surface area contributed by atoms with Crippen LogP contribution in [0.5, 0.6) is 0 Å². The van der Waals surface area contributed by atoms with Crippen LogP contribution >= 0.6 is 0 Å². The number of anilines is 2. The zero-order valence-corrected chi connectivity index (χ0v) is 9.32. The smallest absolute Gasteiger partial charge is 0.146 e. The quantitative estimate of drug-likeness (QED) is 0.823. The predicted octanol–water partition coefficient (Wildman–Crippen LogP) is 2.29. The largest absolute Gasteiger partial charge is 0.382 e. The number of pyridine rings is 1. The van der Waals surface area contributed by atoms with Crippen LogP contribution in [0.15, 0.2) is 18.3 Å². The molecule has 0 radical (unpaired) electrons. The fraction of sp³-hybridized carbons (Fsp3) is 0.583. The number of rotatable bonds is 3. The van der Waals surface area contributed by atoms with Crippen LogP contribution in [0.4, 0.5) is 11.5 Å². The second kappa shape index (κ2) is 4.51. The molecule has 1 aliphatic heterocycles. The molecule has 1 unspecified atom stereocenters. The Morgan fingerprint density at radius 3 is 3.20 bits per heavy atom. The molecular weight excluding hydrogens is 186 g/mol. The van der Waals surface area contributed by atoms with Crippen molar-refractivity contribution in [2.45, 2.75) is 26.2 Å². The van der Waals surface area contributed by atoms with Gasteiger partial charge in [0.15, 0.2) is 0 Å². The van der Waals surface area contributed by atoms with Gasteiger partial charge in [0.25, 0.3) is 0 Å². The van der Waals surface area contributed by atoms with Crippen molar-refractivity contribution in [2.75, 3.05) is 23.7 Å². The van der Waals surface area contributed by atoms with Gasteiger partial charge in [0.05, 0.1) is 5.69 Å². The minimum atomic E-state index is 0.662. The van der Waals surface area contributed by atoms with E-state index in [4.69, 9.17) is 5.73 Å². The van der Waals surface area contributed by atoms with E-state index in [-0.39, 0.29) is 0 Å². The van der Waals surface area contributed by atoms with Gasteiger partial charge >= 0.3 is 0 Å². The van der Waals surface area contributed by atoms with Crippen molar-refractivity contribution in [1.82, 2.24) is 4.98 Å². The van der Waals surface area contributed by atoms with E-state index >= 15 is 0 Å². The van der Waals surface area contributed by atoms with Crippen LogP contribution in [0.25, 0.3) is 0 Å². The van der Waals surface area contributed by atoms with Crippen LogP contribution in [0.3, 0.4) is 0 Å². The van der Waals surface area contributed by atoms with E-state index in [1.807, 2.05) is 6.07 Å². The maximum absolute atomic E-state index is 5.87. The fourth-order valence-electron chi connectivity index (χ4n) is 2.37. The molecule has 0 aromatic carbocycles. The van der Waals surface area contributed by atoms with Gasteiger partial charge in [-0.25, -0.2) is 4.98 Å². The Labute approximate surface area is 91.3 Å². The molecule has 1 aromatic rings. The Kier molecular flexibility index (Phi) is 3.09. The van der Waals surface area contributed by atoms with Crippen molar-refractivity contribution in [3.05, 3.63) is 18.3 Å². The summed E-state index contributed by atoms with van der Waals surface area (Å²) in [4.78, 5) is 6.49. The normalized spacial score (nSPS) is 20.9. The standard InChI is InChI=1S/C12H19N3/c1-2-4-10-6-8-15(9-10)11-5-3-7-14-12(11)13/h3,5,7,10H,2,4,6,8-9H2,1H3,(H2,13,14). The first-order chi connectivity index (χ1) is 7.31. The van der Waals surface area contributed by atoms with E-state index in [0.717, 1.165) is 24.7 Å². The number of hydrogen-bond acceptors (Lipinski definition) is 3. The van der Waals surface area contributed by atoms with Gasteiger partial charge in [-0.3, -0.25) is 0 Å². The van der Waals surface area contributed by atoms with Crippen molar-refractivity contribution >= 4 is 11.5 Å². The fourth-order valence-corrected chi connectivity index (χ4v) is 2.37. The average Bonchev–Trinajstić information content (AvgIpc) is 2.68. The summed E-state index contributed by atoms with van der Waals surface area (Å²) in [5, 5.41) is 0. The highest BCUT2D eigenvalue weighted by Gasteiger charge is 2.23. The summed E-state index contributed by atoms with van der Waals surface area (Å²) in [6.45, 7) is 4.52. The van der Waals surface area contributed by atoms with Crippen LogP contribution in [0.1, 0.15) is 26.2 Å². The van der Waals surface area contributed by atoms with Gasteiger partial charge in [0, 0.05) is 19.3 Å². The van der Waals surface area contributed by atoms with Crippen molar-refractivity contribution in [3.8, 4) is 0 Å². The summed E-state index contributed by atoms with van der Waals surface area (Å²) in [5.74, 6) is 1.50. The summed E-state index contributed by atoms with van der Waals surface area (Å²) in [5.41, 5.74) is 6.97. The molecule has 0 amide bonds. The minimum absolute atomic E-state index is 0.662. The molecule has 3 heteroatoms. The van der Waals surface area contributed by atoms with Crippen molar-refractivity contribution in [1.29, 1.82) is 0 Å². The molecule has 1 fully saturated rings. The van der Waals surface area contributed by atoms with Crippen molar-refractivity contribution in [3.63, 3.8) is 0 Å². The van der Waals surface area contributed by atoms with Gasteiger partial charge < -0.3 is 10.6 Å². The van der Waals surface area contributed by atoms with Crippen LogP contribution in [-0.4, -0.2) is 18.1 Å². The van der Waals surface area contributed by atoms with E-state index in [1.165, 1.54) is 19.3 Å². The van der Waals surface area contributed by atoms with Gasteiger partial charge in [-0.1, -0.05) is 13.3 Å². The minimum Gasteiger partial charge on any atom is -0.382 e. The van der Waals surface area contributed by atoms with Gasteiger partial charge in [-0.15, -0.1) is 0 Å². The van der Waals surface area contributed by atoms with E-state index in [9.17, 15) is 0 Å². The molecule has 0 spiro atoms. The van der Waals surface area contributed by atoms with Crippen LogP contribution in [0, 0.1) is 5.92 Å². The Hall–Kier alpha value is -1.25. The molecule has 1 atom stereocenters. The summed E-state index contributed by atoms with van der Waals surface area (Å²) >= 11 is 0. The predicted molar refractivity (Wildman–Crippen MR) is 63.9 cm³/mol. The zero-order valence-electron chi connectivity index (χ0n) is 9.32. The Balaban J connectivity index is 2.04. The topological polar surface area (TPSA) is 42.2 Å². The highest BCUT2D eigenvalue weighted by Crippen LogP contribution is 2.28. The first-order valence-electron chi connectivity index (χ1n) is 5.76. The molecule has 1 aliphatic rings. The molecule has 2 rings (SSSR count). The number of hydrogen-bond donors (Lipinski definition) is 1. The lowest BCUT2D eigenvalue weighted by Crippen LogP contribution is -2.21. The maximum atomic E-state index is 5.87. The third kappa shape index (κ3) is 2.22. The van der Waals surface area contributed by atoms with E-state index < -0.39 is 0 Å². The second-order valence-electron chi connectivity index (χ2n) is 4.30. The number of aromatic nitrogens is 1. The highest BCUT2D eigenvalue weighted by molar-refractivity contribution is 5.63. The molecule has 15 heavy (non-hydrogen) atoms. The van der Waals surface area contributed by atoms with Crippen LogP contribution in [0.2, 0.25) is 0 Å². The summed E-state index contributed by atoms with van der Waals surface area (Å²) < 4.78 is 0. The Morgan fingerprint density at radius 2 is 2.47 bits per heavy atom. The summed E-state index contributed by atoms with van der Waals surface area (Å²) in [6, 6.07) is 4.02. The maximum Gasteiger partial charge on any atom is 0.146 e. The SMILES string of the molecule is CCCC1CCN(c2cccnc2N)C1. The molecule has 3 nitrogen and oxygen atoms in total. The summed E-state index contributed by atoms with van der Waals surface area (Å²) in [7, 11) is 0. The van der Waals surface area contributed by atoms with Crippen LogP contribution in [-0.2, 0) is 0 Å². The van der Waals surface area contributed by atoms with Crippen molar-refractivity contribution < 1.29 is 0 Å². The van der Waals surface area contributed by atoms with E-state index in [1.54, 1.807) is 6.20 Å². The lowest BCUT2D eigenvalue weighted by atomic mass is 10.0. The van der Waals surface area contributed by atoms with Gasteiger partial charge in [0.1, 0.15) is 5.82 Å². The lowest BCUT2D eigenvalue weighted by Gasteiger charge is -2.19. The highest BCUT2D eigenvalue weighted by atomic mass is 15.2. The third-order valence-electron chi connectivity index (χ3n) is 3.14. The molecule has 0 saturated carbocycles. The molecular formula is C12H19N3. The molecule has 0 aliphatic carbocycles. The molecule has 82 valence electrons. The second-order valence-corrected chi connectivity index (χ2v) is 4.30. The van der Waals surface area contributed by atoms with Gasteiger partial charge in [0.2, 0.25) is 0 Å². The first kappa shape index (κ1) is 10.3. The zero-order chi connectivity index (χ0) is 10.7. The van der Waals surface area contributed by atoms with Gasteiger partial charge in [-0.05, 0) is 30.9 Å². The van der Waals surface area contributed by atoms with E-state index in [0.29, 0.717) is 5.82 Å². The molecule has 2 heterocycles. The Morgan fingerprint density at radius 1 is 1.60 bits per heavy atom. The van der Waals surface area contributed by atoms with Crippen LogP contribution < -0.4 is 10.6 Å². The Bertz CT molecular complexity index is 324. The first-order valence-corrected chi connectivity index (χ1v) is 5.76. The number of nitrogens with zero attached hydrogens (tertiary/aromatic N) is 2. The van der Waals surface area contributed by atoms with Gasteiger partial charge in [-0.2, -0.15) is 0 Å². The molecule has 1 aromatic heterocycles. The van der Waals surface area contributed by atoms with E-state index in [2.05, 4.69) is 22.9 Å². The molecule has 2 N–H and O–H groups in total. The number of nitrogens with two attached hydrogens (primary N) is 1. The lowest BCUT2D eigenvalue weighted by molar-refractivity contribution is 0.530. The average molecular weight is 205 g/mol. The molecule has 1 saturated heterocycles.